The fraction of sp³-hybridized carbons (Fsp3) is 0.458. The van der Waals surface area contributed by atoms with Crippen molar-refractivity contribution in [3.8, 4) is 11.5 Å². The molecule has 0 fully saturated rings. The lowest BCUT2D eigenvalue weighted by Gasteiger charge is -2.38. The summed E-state index contributed by atoms with van der Waals surface area (Å²) in [6.07, 6.45) is 0.309. The summed E-state index contributed by atoms with van der Waals surface area (Å²) in [6.45, 7) is 6.83. The number of carbonyl (C=O) groups excluding carboxylic acids is 3. The summed E-state index contributed by atoms with van der Waals surface area (Å²) in [4.78, 5) is 50.1. The van der Waals surface area contributed by atoms with Gasteiger partial charge in [-0.25, -0.2) is 4.79 Å². The molecule has 1 heterocycles. The first kappa shape index (κ1) is 25.7. The number of nitro groups is 1. The van der Waals surface area contributed by atoms with Crippen LogP contribution in [0, 0.1) is 22.0 Å². The van der Waals surface area contributed by atoms with Gasteiger partial charge in [0.15, 0.2) is 11.5 Å². The first-order valence-electron chi connectivity index (χ1n) is 11.2. The molecule has 11 heteroatoms. The maximum Gasteiger partial charge on any atom is 0.336 e. The first-order chi connectivity index (χ1) is 16.6. The van der Waals surface area contributed by atoms with Gasteiger partial charge in [-0.05, 0) is 44.7 Å². The molecule has 0 aromatic heterocycles. The summed E-state index contributed by atoms with van der Waals surface area (Å²) < 4.78 is 15.5. The van der Waals surface area contributed by atoms with Crippen molar-refractivity contribution in [1.29, 1.82) is 0 Å². The molecule has 0 bridgehead atoms. The van der Waals surface area contributed by atoms with Crippen LogP contribution in [-0.2, 0) is 23.9 Å². The van der Waals surface area contributed by atoms with Gasteiger partial charge in [0, 0.05) is 29.0 Å². The van der Waals surface area contributed by atoms with Gasteiger partial charge in [-0.15, -0.1) is 0 Å². The summed E-state index contributed by atoms with van der Waals surface area (Å²) >= 11 is 0. The predicted octanol–water partition coefficient (Wildman–Crippen LogP) is 2.88. The Balaban J connectivity index is 2.32. The average molecular weight is 488 g/mol. The van der Waals surface area contributed by atoms with Gasteiger partial charge in [-0.3, -0.25) is 19.7 Å². The molecule has 0 amide bonds. The molecule has 0 saturated carbocycles. The van der Waals surface area contributed by atoms with Gasteiger partial charge >= 0.3 is 17.6 Å². The third-order valence-corrected chi connectivity index (χ3v) is 6.15. The second-order valence-corrected chi connectivity index (χ2v) is 8.33. The number of carbonyl (C=O) groups is 3. The zero-order valence-electron chi connectivity index (χ0n) is 20.2. The van der Waals surface area contributed by atoms with E-state index < -0.39 is 45.9 Å². The van der Waals surface area contributed by atoms with Crippen LogP contribution in [-0.4, -0.2) is 48.1 Å². The zero-order chi connectivity index (χ0) is 26.0. The Morgan fingerprint density at radius 2 is 1.94 bits per heavy atom. The van der Waals surface area contributed by atoms with Crippen LogP contribution in [0.25, 0.3) is 0 Å². The highest BCUT2D eigenvalue weighted by molar-refractivity contribution is 6.12. The molecule has 0 spiro atoms. The number of hydrogen-bond acceptors (Lipinski definition) is 10. The Labute approximate surface area is 201 Å². The molecule has 1 aliphatic carbocycles. The lowest BCUT2D eigenvalue weighted by Crippen LogP contribution is -2.43. The number of esters is 2. The quantitative estimate of drug-likeness (QED) is 0.253. The highest BCUT2D eigenvalue weighted by atomic mass is 16.6. The van der Waals surface area contributed by atoms with Gasteiger partial charge in [-0.1, -0.05) is 6.92 Å². The highest BCUT2D eigenvalue weighted by Gasteiger charge is 2.47. The number of nitrogens with zero attached hydrogens (tertiary/aromatic N) is 1. The van der Waals surface area contributed by atoms with E-state index in [9.17, 15) is 29.6 Å². The number of hydrogen-bond donors (Lipinski definition) is 2. The van der Waals surface area contributed by atoms with E-state index in [1.165, 1.54) is 13.2 Å². The van der Waals surface area contributed by atoms with Crippen molar-refractivity contribution in [2.45, 2.75) is 40.0 Å². The molecule has 1 aromatic rings. The number of rotatable bonds is 7. The molecule has 1 aromatic carbocycles. The molecule has 2 aliphatic rings. The molecule has 35 heavy (non-hydrogen) atoms. The molecule has 11 nitrogen and oxygen atoms in total. The SMILES string of the molecule is CCOC(=O)C1=C(C)NC2=C(C(=O)[C@H](C(=O)OC)[C@H](C)C2)[C@H]1c1cc(OCC)c(O)c([N+](=O)[O-])c1. The monoisotopic (exact) mass is 488 g/mol. The van der Waals surface area contributed by atoms with Crippen molar-refractivity contribution in [3.63, 3.8) is 0 Å². The number of dihydropyridines is 1. The summed E-state index contributed by atoms with van der Waals surface area (Å²) in [5, 5.41) is 25.2. The van der Waals surface area contributed by atoms with E-state index in [0.29, 0.717) is 17.8 Å². The zero-order valence-corrected chi connectivity index (χ0v) is 20.2. The number of phenols is 1. The first-order valence-corrected chi connectivity index (χ1v) is 11.2. The van der Waals surface area contributed by atoms with Gasteiger partial charge in [0.1, 0.15) is 5.92 Å². The summed E-state index contributed by atoms with van der Waals surface area (Å²) in [7, 11) is 1.19. The third kappa shape index (κ3) is 4.58. The average Bonchev–Trinajstić information content (AvgIpc) is 2.79. The molecular weight excluding hydrogens is 460 g/mol. The number of ketones is 1. The smallest absolute Gasteiger partial charge is 0.336 e. The standard InChI is InChI=1S/C24H28N2O9/c1-6-34-16-10-13(9-15(21(16)27)26(31)32)19-18(24(30)35-7-2)12(4)25-14-8-11(3)17(23(29)33-5)22(28)20(14)19/h9-11,17,19,25,27H,6-8H2,1-5H3/t11-,17-,19+/m1/s1. The topological polar surface area (TPSA) is 154 Å². The molecule has 0 radical (unpaired) electrons. The van der Waals surface area contributed by atoms with Gasteiger partial charge < -0.3 is 24.6 Å². The number of allylic oxidation sites excluding steroid dienone is 3. The molecule has 1 aliphatic heterocycles. The van der Waals surface area contributed by atoms with Crippen molar-refractivity contribution in [3.05, 3.63) is 50.4 Å². The number of nitro benzene ring substituents is 1. The largest absolute Gasteiger partial charge is 0.500 e. The van der Waals surface area contributed by atoms with E-state index >= 15 is 0 Å². The fourth-order valence-corrected chi connectivity index (χ4v) is 4.68. The molecule has 188 valence electrons. The Bertz CT molecular complexity index is 1150. The van der Waals surface area contributed by atoms with E-state index in [1.54, 1.807) is 27.7 Å². The van der Waals surface area contributed by atoms with Crippen molar-refractivity contribution < 1.29 is 38.6 Å². The number of nitrogens with one attached hydrogen (secondary N) is 1. The molecular formula is C24H28N2O9. The van der Waals surface area contributed by atoms with Crippen LogP contribution in [0.3, 0.4) is 0 Å². The lowest BCUT2D eigenvalue weighted by molar-refractivity contribution is -0.386. The Hall–Kier alpha value is -3.89. The molecule has 0 saturated heterocycles. The number of aromatic hydroxyl groups is 1. The maximum absolute atomic E-state index is 13.7. The summed E-state index contributed by atoms with van der Waals surface area (Å²) in [5.41, 5.74) is 0.632. The normalized spacial score (nSPS) is 21.7. The van der Waals surface area contributed by atoms with E-state index in [-0.39, 0.29) is 41.6 Å². The number of benzene rings is 1. The van der Waals surface area contributed by atoms with E-state index in [4.69, 9.17) is 14.2 Å². The van der Waals surface area contributed by atoms with Crippen LogP contribution >= 0.6 is 0 Å². The summed E-state index contributed by atoms with van der Waals surface area (Å²) in [6, 6.07) is 2.46. The Morgan fingerprint density at radius 1 is 1.26 bits per heavy atom. The maximum atomic E-state index is 13.7. The number of phenolic OH excluding ortho intramolecular Hbond substituents is 1. The van der Waals surface area contributed by atoms with Crippen LogP contribution in [0.15, 0.2) is 34.7 Å². The predicted molar refractivity (Wildman–Crippen MR) is 122 cm³/mol. The van der Waals surface area contributed by atoms with Crippen molar-refractivity contribution in [2.75, 3.05) is 20.3 Å². The van der Waals surface area contributed by atoms with Gasteiger partial charge in [-0.2, -0.15) is 0 Å². The minimum atomic E-state index is -1.11. The summed E-state index contributed by atoms with van der Waals surface area (Å²) in [5.74, 6) is -5.40. The fourth-order valence-electron chi connectivity index (χ4n) is 4.68. The Kier molecular flexibility index (Phi) is 7.47. The van der Waals surface area contributed by atoms with Crippen molar-refractivity contribution in [2.24, 2.45) is 11.8 Å². The van der Waals surface area contributed by atoms with Gasteiger partial charge in [0.25, 0.3) is 0 Å². The minimum Gasteiger partial charge on any atom is -0.500 e. The van der Waals surface area contributed by atoms with Crippen LogP contribution in [0.5, 0.6) is 11.5 Å². The number of methoxy groups -OCH3 is 1. The molecule has 3 rings (SSSR count). The lowest BCUT2D eigenvalue weighted by atomic mass is 9.69. The van der Waals surface area contributed by atoms with Crippen molar-refractivity contribution >= 4 is 23.4 Å². The minimum absolute atomic E-state index is 0.0595. The number of Topliss-reactive ketones (excluding diaryl/α,β-unsaturated/α-hetero) is 1. The van der Waals surface area contributed by atoms with Crippen molar-refractivity contribution in [1.82, 2.24) is 5.32 Å². The van der Waals surface area contributed by atoms with E-state index in [1.807, 2.05) is 0 Å². The van der Waals surface area contributed by atoms with Gasteiger partial charge in [0.2, 0.25) is 5.75 Å². The van der Waals surface area contributed by atoms with E-state index in [2.05, 4.69) is 5.32 Å². The van der Waals surface area contributed by atoms with Crippen LogP contribution in [0.2, 0.25) is 0 Å². The molecule has 3 atom stereocenters. The van der Waals surface area contributed by atoms with Crippen LogP contribution in [0.1, 0.15) is 45.6 Å². The second-order valence-electron chi connectivity index (χ2n) is 8.33. The van der Waals surface area contributed by atoms with Crippen LogP contribution < -0.4 is 10.1 Å². The number of ether oxygens (including phenoxy) is 3. The highest BCUT2D eigenvalue weighted by Crippen LogP contribution is 2.48. The second kappa shape index (κ2) is 10.2. The third-order valence-electron chi connectivity index (χ3n) is 6.15. The molecule has 2 N–H and O–H groups in total. The van der Waals surface area contributed by atoms with E-state index in [0.717, 1.165) is 6.07 Å². The molecule has 0 unspecified atom stereocenters. The van der Waals surface area contributed by atoms with Gasteiger partial charge in [0.05, 0.1) is 30.8 Å². The van der Waals surface area contributed by atoms with Crippen LogP contribution in [0.4, 0.5) is 5.69 Å². The Morgan fingerprint density at radius 3 is 2.51 bits per heavy atom.